The van der Waals surface area contributed by atoms with Crippen LogP contribution >= 0.6 is 0 Å². The van der Waals surface area contributed by atoms with Gasteiger partial charge in [0.2, 0.25) is 5.43 Å². The summed E-state index contributed by atoms with van der Waals surface area (Å²) in [6, 6.07) is 10.0. The SMILES string of the molecule is Cc1cc(=O)c(C(=O)N[C@@H]2CCS(=O)(=O)C2)nn1-c1ccccc1. The standard InChI is InChI=1S/C16H17N3O4S/c1-11-9-14(20)15(18-19(11)13-5-3-2-4-6-13)16(21)17-12-7-8-24(22,23)10-12/h2-6,9,12H,7-8,10H2,1H3,(H,17,21)/t12-/m1/s1. The number of para-hydroxylation sites is 1. The smallest absolute Gasteiger partial charge is 0.276 e. The fraction of sp³-hybridized carbons (Fsp3) is 0.312. The summed E-state index contributed by atoms with van der Waals surface area (Å²) in [5.41, 5.74) is 0.602. The van der Waals surface area contributed by atoms with E-state index >= 15 is 0 Å². The molecule has 1 aliphatic heterocycles. The van der Waals surface area contributed by atoms with E-state index in [0.717, 1.165) is 5.69 Å². The third kappa shape index (κ3) is 3.38. The second-order valence-electron chi connectivity index (χ2n) is 5.82. The summed E-state index contributed by atoms with van der Waals surface area (Å²) < 4.78 is 24.5. The maximum absolute atomic E-state index is 12.3. The summed E-state index contributed by atoms with van der Waals surface area (Å²) in [6.07, 6.45) is 0.354. The van der Waals surface area contributed by atoms with Crippen LogP contribution in [0.2, 0.25) is 0 Å². The third-order valence-electron chi connectivity index (χ3n) is 3.89. The molecule has 0 aliphatic carbocycles. The first-order valence-electron chi connectivity index (χ1n) is 7.53. The Kier molecular flexibility index (Phi) is 4.23. The molecule has 24 heavy (non-hydrogen) atoms. The van der Waals surface area contributed by atoms with Crippen molar-refractivity contribution in [3.63, 3.8) is 0 Å². The molecule has 0 spiro atoms. The fourth-order valence-corrected chi connectivity index (χ4v) is 4.37. The Morgan fingerprint density at radius 1 is 1.29 bits per heavy atom. The van der Waals surface area contributed by atoms with Gasteiger partial charge in [0, 0.05) is 17.8 Å². The van der Waals surface area contributed by atoms with Gasteiger partial charge >= 0.3 is 0 Å². The second kappa shape index (κ2) is 6.20. The minimum Gasteiger partial charge on any atom is -0.347 e. The van der Waals surface area contributed by atoms with Gasteiger partial charge in [-0.1, -0.05) is 18.2 Å². The van der Waals surface area contributed by atoms with Gasteiger partial charge in [0.25, 0.3) is 5.91 Å². The number of amides is 1. The molecule has 1 aliphatic rings. The van der Waals surface area contributed by atoms with Gasteiger partial charge < -0.3 is 5.32 Å². The number of rotatable bonds is 3. The van der Waals surface area contributed by atoms with Gasteiger partial charge in [-0.05, 0) is 25.5 Å². The number of carbonyl (C=O) groups is 1. The Bertz CT molecular complexity index is 936. The first-order chi connectivity index (χ1) is 11.4. The summed E-state index contributed by atoms with van der Waals surface area (Å²) in [5, 5.41) is 6.76. The molecule has 1 fully saturated rings. The Morgan fingerprint density at radius 2 is 2.00 bits per heavy atom. The van der Waals surface area contributed by atoms with E-state index in [1.54, 1.807) is 6.92 Å². The van der Waals surface area contributed by atoms with Crippen molar-refractivity contribution < 1.29 is 13.2 Å². The van der Waals surface area contributed by atoms with E-state index in [-0.39, 0.29) is 17.2 Å². The highest BCUT2D eigenvalue weighted by Gasteiger charge is 2.30. The van der Waals surface area contributed by atoms with Crippen molar-refractivity contribution in [1.82, 2.24) is 15.1 Å². The van der Waals surface area contributed by atoms with Crippen LogP contribution in [0.1, 0.15) is 22.6 Å². The number of aryl methyl sites for hydroxylation is 1. The summed E-state index contributed by atoms with van der Waals surface area (Å²) in [5.74, 6) is -0.697. The van der Waals surface area contributed by atoms with Crippen LogP contribution < -0.4 is 10.7 Å². The second-order valence-corrected chi connectivity index (χ2v) is 8.05. The van der Waals surface area contributed by atoms with Gasteiger partial charge in [-0.15, -0.1) is 0 Å². The number of aromatic nitrogens is 2. The van der Waals surface area contributed by atoms with Crippen LogP contribution in [0.5, 0.6) is 0 Å². The average Bonchev–Trinajstić information content (AvgIpc) is 2.87. The Hall–Kier alpha value is -2.48. The number of sulfone groups is 1. The van der Waals surface area contributed by atoms with Crippen molar-refractivity contribution in [3.8, 4) is 5.69 Å². The lowest BCUT2D eigenvalue weighted by atomic mass is 10.2. The van der Waals surface area contributed by atoms with Crippen LogP contribution in [-0.2, 0) is 9.84 Å². The fourth-order valence-electron chi connectivity index (χ4n) is 2.70. The molecule has 1 saturated heterocycles. The predicted octanol–water partition coefficient (Wildman–Crippen LogP) is 0.458. The van der Waals surface area contributed by atoms with Crippen molar-refractivity contribution in [3.05, 3.63) is 58.0 Å². The predicted molar refractivity (Wildman–Crippen MR) is 89.1 cm³/mol. The van der Waals surface area contributed by atoms with E-state index in [1.165, 1.54) is 10.7 Å². The minimum absolute atomic E-state index is 0.0491. The van der Waals surface area contributed by atoms with Crippen molar-refractivity contribution >= 4 is 15.7 Å². The van der Waals surface area contributed by atoms with E-state index in [0.29, 0.717) is 12.1 Å². The largest absolute Gasteiger partial charge is 0.347 e. The summed E-state index contributed by atoms with van der Waals surface area (Å²) in [7, 11) is -3.11. The number of benzene rings is 1. The molecular weight excluding hydrogens is 330 g/mol. The minimum atomic E-state index is -3.11. The van der Waals surface area contributed by atoms with Crippen LogP contribution in [0.4, 0.5) is 0 Å². The molecule has 0 saturated carbocycles. The molecule has 1 amide bonds. The highest BCUT2D eigenvalue weighted by atomic mass is 32.2. The van der Waals surface area contributed by atoms with Gasteiger partial charge in [-0.25, -0.2) is 13.1 Å². The van der Waals surface area contributed by atoms with Gasteiger partial charge in [-0.3, -0.25) is 9.59 Å². The number of nitrogens with one attached hydrogen (secondary N) is 1. The van der Waals surface area contributed by atoms with E-state index < -0.39 is 27.2 Å². The van der Waals surface area contributed by atoms with E-state index in [4.69, 9.17) is 0 Å². The van der Waals surface area contributed by atoms with E-state index in [9.17, 15) is 18.0 Å². The molecular formula is C16H17N3O4S. The summed E-state index contributed by atoms with van der Waals surface area (Å²) in [6.45, 7) is 1.73. The third-order valence-corrected chi connectivity index (χ3v) is 5.66. The first kappa shape index (κ1) is 16.4. The molecule has 3 rings (SSSR count). The molecule has 1 aromatic heterocycles. The average molecular weight is 347 g/mol. The zero-order chi connectivity index (χ0) is 17.3. The van der Waals surface area contributed by atoms with Crippen molar-refractivity contribution in [1.29, 1.82) is 0 Å². The Balaban J connectivity index is 1.91. The number of hydrogen-bond donors (Lipinski definition) is 1. The van der Waals surface area contributed by atoms with Crippen LogP contribution in [0.15, 0.2) is 41.2 Å². The molecule has 126 valence electrons. The molecule has 2 aromatic rings. The zero-order valence-corrected chi connectivity index (χ0v) is 13.9. The van der Waals surface area contributed by atoms with Crippen LogP contribution in [0.25, 0.3) is 5.69 Å². The molecule has 1 N–H and O–H groups in total. The monoisotopic (exact) mass is 347 g/mol. The van der Waals surface area contributed by atoms with Gasteiger partial charge in [0.1, 0.15) is 0 Å². The lowest BCUT2D eigenvalue weighted by Crippen LogP contribution is -2.39. The molecule has 1 aromatic carbocycles. The number of hydrogen-bond acceptors (Lipinski definition) is 5. The van der Waals surface area contributed by atoms with Crippen LogP contribution in [-0.4, -0.2) is 41.7 Å². The highest BCUT2D eigenvalue weighted by molar-refractivity contribution is 7.91. The van der Waals surface area contributed by atoms with Crippen molar-refractivity contribution in [2.45, 2.75) is 19.4 Å². The van der Waals surface area contributed by atoms with Gasteiger partial charge in [-0.2, -0.15) is 5.10 Å². The van der Waals surface area contributed by atoms with Crippen molar-refractivity contribution in [2.24, 2.45) is 0 Å². The molecule has 1 atom stereocenters. The van der Waals surface area contributed by atoms with Crippen LogP contribution in [0.3, 0.4) is 0 Å². The molecule has 0 radical (unpaired) electrons. The lowest BCUT2D eigenvalue weighted by molar-refractivity contribution is 0.0933. The lowest BCUT2D eigenvalue weighted by Gasteiger charge is -2.13. The van der Waals surface area contributed by atoms with E-state index in [2.05, 4.69) is 10.4 Å². The number of nitrogens with zero attached hydrogens (tertiary/aromatic N) is 2. The van der Waals surface area contributed by atoms with Crippen LogP contribution in [0, 0.1) is 6.92 Å². The quantitative estimate of drug-likeness (QED) is 0.870. The molecule has 0 unspecified atom stereocenters. The van der Waals surface area contributed by atoms with Crippen molar-refractivity contribution in [2.75, 3.05) is 11.5 Å². The Morgan fingerprint density at radius 3 is 2.62 bits per heavy atom. The maximum Gasteiger partial charge on any atom is 0.276 e. The first-order valence-corrected chi connectivity index (χ1v) is 9.35. The molecule has 7 nitrogen and oxygen atoms in total. The van der Waals surface area contributed by atoms with Gasteiger partial charge in [0.15, 0.2) is 15.5 Å². The van der Waals surface area contributed by atoms with E-state index in [1.807, 2.05) is 30.3 Å². The maximum atomic E-state index is 12.3. The topological polar surface area (TPSA) is 98.1 Å². The molecule has 8 heteroatoms. The summed E-state index contributed by atoms with van der Waals surface area (Å²) in [4.78, 5) is 24.5. The zero-order valence-electron chi connectivity index (χ0n) is 13.1. The molecule has 2 heterocycles. The highest BCUT2D eigenvalue weighted by Crippen LogP contribution is 2.12. The number of carbonyl (C=O) groups excluding carboxylic acids is 1. The summed E-state index contributed by atoms with van der Waals surface area (Å²) >= 11 is 0. The normalized spacial score (nSPS) is 19.1. The Labute approximate surface area is 139 Å². The molecule has 0 bridgehead atoms. The van der Waals surface area contributed by atoms with Gasteiger partial charge in [0.05, 0.1) is 17.2 Å².